The largest absolute Gasteiger partial charge is 0.335 e. The fraction of sp³-hybridized carbons (Fsp3) is 0.174. The summed E-state index contributed by atoms with van der Waals surface area (Å²) in [6.07, 6.45) is 0. The predicted octanol–water partition coefficient (Wildman–Crippen LogP) is 5.31. The molecule has 0 N–H and O–H groups in total. The molecule has 0 saturated heterocycles. The Hall–Kier alpha value is -3.61. The van der Waals surface area contributed by atoms with Crippen LogP contribution in [-0.2, 0) is 0 Å². The van der Waals surface area contributed by atoms with E-state index in [1.807, 2.05) is 6.92 Å². The van der Waals surface area contributed by atoms with Crippen LogP contribution in [0.15, 0.2) is 59.1 Å². The van der Waals surface area contributed by atoms with Crippen LogP contribution in [0, 0.1) is 18.6 Å². The van der Waals surface area contributed by atoms with Crippen molar-refractivity contribution < 1.29 is 18.1 Å². The van der Waals surface area contributed by atoms with Crippen LogP contribution in [0.4, 0.5) is 8.78 Å². The Morgan fingerprint density at radius 2 is 1.80 bits per heavy atom. The molecule has 30 heavy (non-hydrogen) atoms. The van der Waals surface area contributed by atoms with Gasteiger partial charge in [0.25, 0.3) is 11.6 Å². The van der Waals surface area contributed by atoms with E-state index in [1.54, 1.807) is 55.3 Å². The smallest absolute Gasteiger partial charge is 0.259 e. The Morgan fingerprint density at radius 3 is 2.50 bits per heavy atom. The Morgan fingerprint density at radius 1 is 1.10 bits per heavy atom. The zero-order valence-electron chi connectivity index (χ0n) is 16.7. The minimum Gasteiger partial charge on any atom is -0.335 e. The first-order valence-electron chi connectivity index (χ1n) is 9.41. The van der Waals surface area contributed by atoms with Crippen molar-refractivity contribution in [1.29, 1.82) is 0 Å². The number of aromatic nitrogens is 2. The van der Waals surface area contributed by atoms with Crippen molar-refractivity contribution in [3.63, 3.8) is 0 Å². The summed E-state index contributed by atoms with van der Waals surface area (Å²) in [5.41, 5.74) is 2.32. The Labute approximate surface area is 171 Å². The maximum absolute atomic E-state index is 14.3. The summed E-state index contributed by atoms with van der Waals surface area (Å²) in [6.45, 7) is 3.57. The van der Waals surface area contributed by atoms with Crippen LogP contribution >= 0.6 is 0 Å². The van der Waals surface area contributed by atoms with Gasteiger partial charge in [0.05, 0.1) is 28.4 Å². The molecule has 0 aliphatic rings. The van der Waals surface area contributed by atoms with Gasteiger partial charge in [-0.2, -0.15) is 0 Å². The average Bonchev–Trinajstić information content (AvgIpc) is 3.13. The molecule has 0 aliphatic heterocycles. The summed E-state index contributed by atoms with van der Waals surface area (Å²) < 4.78 is 32.9. The van der Waals surface area contributed by atoms with E-state index in [2.05, 4.69) is 10.1 Å². The average molecular weight is 407 g/mol. The molecule has 0 saturated carbocycles. The summed E-state index contributed by atoms with van der Waals surface area (Å²) in [7, 11) is 1.66. The van der Waals surface area contributed by atoms with Crippen molar-refractivity contribution in [3.8, 4) is 11.3 Å². The van der Waals surface area contributed by atoms with E-state index >= 15 is 0 Å². The van der Waals surface area contributed by atoms with Gasteiger partial charge >= 0.3 is 0 Å². The van der Waals surface area contributed by atoms with Crippen LogP contribution < -0.4 is 0 Å². The van der Waals surface area contributed by atoms with Gasteiger partial charge in [-0.3, -0.25) is 4.79 Å². The molecule has 152 valence electrons. The summed E-state index contributed by atoms with van der Waals surface area (Å²) in [6, 6.07) is 13.4. The standard InChI is InChI=1S/C23H19F2N3O2/c1-13-21-18(23(29)28(3)14(2)15-8-10-16(24)11-9-15)12-20(26-22(21)30-27-13)17-6-4-5-7-19(17)25/h4-12,14H,1-3H3. The maximum atomic E-state index is 14.3. The molecule has 1 amide bonds. The number of benzene rings is 2. The monoisotopic (exact) mass is 407 g/mol. The fourth-order valence-electron chi connectivity index (χ4n) is 3.40. The lowest BCUT2D eigenvalue weighted by Gasteiger charge is -2.26. The van der Waals surface area contributed by atoms with E-state index in [4.69, 9.17) is 4.52 Å². The molecule has 4 rings (SSSR count). The highest BCUT2D eigenvalue weighted by Crippen LogP contribution is 2.30. The molecule has 4 aromatic rings. The topological polar surface area (TPSA) is 59.2 Å². The third kappa shape index (κ3) is 3.43. The zero-order chi connectivity index (χ0) is 21.4. The van der Waals surface area contributed by atoms with Gasteiger partial charge in [-0.15, -0.1) is 0 Å². The Kier molecular flexibility index (Phi) is 5.03. The molecule has 7 heteroatoms. The SMILES string of the molecule is Cc1noc2nc(-c3ccccc3F)cc(C(=O)N(C)C(C)c3ccc(F)cc3)c12. The number of aryl methyl sites for hydroxylation is 1. The highest BCUT2D eigenvalue weighted by atomic mass is 19.1. The number of halogens is 2. The number of fused-ring (bicyclic) bond motifs is 1. The number of hydrogen-bond acceptors (Lipinski definition) is 4. The third-order valence-corrected chi connectivity index (χ3v) is 5.25. The van der Waals surface area contributed by atoms with Crippen molar-refractivity contribution in [3.05, 3.63) is 83.1 Å². The summed E-state index contributed by atoms with van der Waals surface area (Å²) in [4.78, 5) is 19.3. The molecule has 5 nitrogen and oxygen atoms in total. The van der Waals surface area contributed by atoms with Crippen LogP contribution in [0.25, 0.3) is 22.4 Å². The Balaban J connectivity index is 1.80. The molecule has 2 aromatic heterocycles. The quantitative estimate of drug-likeness (QED) is 0.460. The second-order valence-corrected chi connectivity index (χ2v) is 7.13. The zero-order valence-corrected chi connectivity index (χ0v) is 16.7. The van der Waals surface area contributed by atoms with Crippen molar-refractivity contribution in [1.82, 2.24) is 15.0 Å². The maximum Gasteiger partial charge on any atom is 0.259 e. The molecule has 1 atom stereocenters. The molecule has 0 bridgehead atoms. The molecular weight excluding hydrogens is 388 g/mol. The second kappa shape index (κ2) is 7.67. The Bertz CT molecular complexity index is 1240. The molecule has 2 heterocycles. The molecule has 0 spiro atoms. The molecule has 0 fully saturated rings. The number of amides is 1. The summed E-state index contributed by atoms with van der Waals surface area (Å²) >= 11 is 0. The van der Waals surface area contributed by atoms with Gasteiger partial charge in [-0.05, 0) is 49.7 Å². The van der Waals surface area contributed by atoms with Gasteiger partial charge in [0, 0.05) is 12.6 Å². The summed E-state index contributed by atoms with van der Waals surface area (Å²) in [5, 5.41) is 4.41. The van der Waals surface area contributed by atoms with E-state index in [0.29, 0.717) is 16.6 Å². The second-order valence-electron chi connectivity index (χ2n) is 7.13. The number of pyridine rings is 1. The van der Waals surface area contributed by atoms with E-state index in [0.717, 1.165) is 5.56 Å². The number of nitrogens with zero attached hydrogens (tertiary/aromatic N) is 3. The van der Waals surface area contributed by atoms with Gasteiger partial charge in [0.1, 0.15) is 11.6 Å². The van der Waals surface area contributed by atoms with E-state index in [9.17, 15) is 13.6 Å². The van der Waals surface area contributed by atoms with Gasteiger partial charge in [0.2, 0.25) is 0 Å². The minimum atomic E-state index is -0.452. The lowest BCUT2D eigenvalue weighted by atomic mass is 10.0. The number of carbonyl (C=O) groups is 1. The normalized spacial score (nSPS) is 12.2. The van der Waals surface area contributed by atoms with E-state index in [1.165, 1.54) is 18.2 Å². The number of carbonyl (C=O) groups excluding carboxylic acids is 1. The van der Waals surface area contributed by atoms with Crippen LogP contribution in [0.1, 0.15) is 34.6 Å². The van der Waals surface area contributed by atoms with Gasteiger partial charge in [-0.25, -0.2) is 13.8 Å². The molecule has 2 aromatic carbocycles. The van der Waals surface area contributed by atoms with Crippen molar-refractivity contribution in [2.24, 2.45) is 0 Å². The van der Waals surface area contributed by atoms with Crippen LogP contribution in [-0.4, -0.2) is 28.0 Å². The van der Waals surface area contributed by atoms with Gasteiger partial charge in [0.15, 0.2) is 0 Å². The van der Waals surface area contributed by atoms with E-state index < -0.39 is 5.82 Å². The first kappa shape index (κ1) is 19.7. The first-order chi connectivity index (χ1) is 14.4. The molecule has 1 unspecified atom stereocenters. The fourth-order valence-corrected chi connectivity index (χ4v) is 3.40. The highest BCUT2D eigenvalue weighted by molar-refractivity contribution is 6.07. The first-order valence-corrected chi connectivity index (χ1v) is 9.41. The van der Waals surface area contributed by atoms with Crippen LogP contribution in [0.3, 0.4) is 0 Å². The van der Waals surface area contributed by atoms with Crippen LogP contribution in [0.5, 0.6) is 0 Å². The van der Waals surface area contributed by atoms with Crippen molar-refractivity contribution >= 4 is 17.0 Å². The van der Waals surface area contributed by atoms with Crippen molar-refractivity contribution in [2.45, 2.75) is 19.9 Å². The van der Waals surface area contributed by atoms with Crippen LogP contribution in [0.2, 0.25) is 0 Å². The predicted molar refractivity (Wildman–Crippen MR) is 109 cm³/mol. The number of rotatable bonds is 4. The van der Waals surface area contributed by atoms with Gasteiger partial charge in [-0.1, -0.05) is 29.4 Å². The molecular formula is C23H19F2N3O2. The minimum absolute atomic E-state index is 0.166. The van der Waals surface area contributed by atoms with Gasteiger partial charge < -0.3 is 9.42 Å². The van der Waals surface area contributed by atoms with Crippen molar-refractivity contribution in [2.75, 3.05) is 7.05 Å². The van der Waals surface area contributed by atoms with E-state index in [-0.39, 0.29) is 34.7 Å². The lowest BCUT2D eigenvalue weighted by Crippen LogP contribution is -2.30. The molecule has 0 radical (unpaired) electrons. The number of hydrogen-bond donors (Lipinski definition) is 0. The third-order valence-electron chi connectivity index (χ3n) is 5.25. The lowest BCUT2D eigenvalue weighted by molar-refractivity contribution is 0.0744. The highest BCUT2D eigenvalue weighted by Gasteiger charge is 2.25. The molecule has 0 aliphatic carbocycles. The summed E-state index contributed by atoms with van der Waals surface area (Å²) in [5.74, 6) is -1.10.